The minimum atomic E-state index is -0.347. The molecule has 4 rings (SSSR count). The minimum Gasteiger partial charge on any atom is -0.345 e. The van der Waals surface area contributed by atoms with E-state index in [2.05, 4.69) is 20.7 Å². The molecule has 0 spiro atoms. The monoisotopic (exact) mass is 311 g/mol. The number of amides is 1. The first kappa shape index (κ1) is 13.0. The van der Waals surface area contributed by atoms with Gasteiger partial charge in [0.2, 0.25) is 0 Å². The number of aromatic nitrogens is 3. The van der Waals surface area contributed by atoms with E-state index in [0.29, 0.717) is 11.4 Å². The fraction of sp³-hybridized carbons (Fsp3) is 0.133. The molecule has 1 aliphatic heterocycles. The van der Waals surface area contributed by atoms with Crippen molar-refractivity contribution in [3.8, 4) is 10.6 Å². The molecule has 1 amide bonds. The van der Waals surface area contributed by atoms with Gasteiger partial charge < -0.3 is 10.6 Å². The average Bonchev–Trinajstić information content (AvgIpc) is 3.16. The molecular weight excluding hydrogens is 298 g/mol. The van der Waals surface area contributed by atoms with Gasteiger partial charge in [-0.2, -0.15) is 5.10 Å². The summed E-state index contributed by atoms with van der Waals surface area (Å²) in [6.07, 6.45) is 3.24. The zero-order chi connectivity index (χ0) is 15.1. The van der Waals surface area contributed by atoms with Gasteiger partial charge in [0.25, 0.3) is 5.91 Å². The van der Waals surface area contributed by atoms with Crippen LogP contribution in [0.3, 0.4) is 0 Å². The predicted molar refractivity (Wildman–Crippen MR) is 84.6 cm³/mol. The third kappa shape index (κ3) is 2.06. The van der Waals surface area contributed by atoms with Crippen LogP contribution in [0.5, 0.6) is 0 Å². The lowest BCUT2D eigenvalue weighted by molar-refractivity contribution is 0.0935. The van der Waals surface area contributed by atoms with Crippen LogP contribution >= 0.6 is 11.3 Å². The van der Waals surface area contributed by atoms with Gasteiger partial charge in [0.1, 0.15) is 17.7 Å². The molecule has 4 heterocycles. The number of carbonyl (C=O) groups excluding carboxylic acids is 1. The first-order valence-corrected chi connectivity index (χ1v) is 7.70. The summed E-state index contributed by atoms with van der Waals surface area (Å²) in [6, 6.07) is 7.52. The highest BCUT2D eigenvalue weighted by Crippen LogP contribution is 2.32. The van der Waals surface area contributed by atoms with E-state index in [1.807, 2.05) is 30.8 Å². The summed E-state index contributed by atoms with van der Waals surface area (Å²) >= 11 is 1.62. The van der Waals surface area contributed by atoms with Crippen molar-refractivity contribution in [2.75, 3.05) is 5.32 Å². The maximum absolute atomic E-state index is 12.3. The van der Waals surface area contributed by atoms with Crippen molar-refractivity contribution in [1.29, 1.82) is 0 Å². The predicted octanol–water partition coefficient (Wildman–Crippen LogP) is 2.40. The second-order valence-corrected chi connectivity index (χ2v) is 5.98. The quantitative estimate of drug-likeness (QED) is 0.762. The van der Waals surface area contributed by atoms with Crippen LogP contribution in [-0.4, -0.2) is 20.7 Å². The molecule has 0 saturated carbocycles. The van der Waals surface area contributed by atoms with Crippen molar-refractivity contribution in [3.63, 3.8) is 0 Å². The molecular formula is C15H13N5OS. The van der Waals surface area contributed by atoms with Crippen LogP contribution < -0.4 is 10.6 Å². The van der Waals surface area contributed by atoms with Gasteiger partial charge in [-0.05, 0) is 23.6 Å². The third-order valence-corrected chi connectivity index (χ3v) is 4.41. The summed E-state index contributed by atoms with van der Waals surface area (Å²) < 4.78 is 1.76. The standard InChI is InChI=1S/C15H13N5OS/c1-20-8-10(12(19-20)11-5-3-7-22-11)14-17-13-9(15(21)18-14)4-2-6-16-13/h2-8,14H,1H3,(H,16,17)(H,18,21)/t14-/m1/s1. The Morgan fingerprint density at radius 1 is 1.27 bits per heavy atom. The van der Waals surface area contributed by atoms with Crippen molar-refractivity contribution in [2.24, 2.45) is 7.05 Å². The highest BCUT2D eigenvalue weighted by Gasteiger charge is 2.28. The van der Waals surface area contributed by atoms with Gasteiger partial charge >= 0.3 is 0 Å². The summed E-state index contributed by atoms with van der Waals surface area (Å²) in [4.78, 5) is 17.6. The summed E-state index contributed by atoms with van der Waals surface area (Å²) in [6.45, 7) is 0. The number of anilines is 1. The Morgan fingerprint density at radius 2 is 2.18 bits per heavy atom. The average molecular weight is 311 g/mol. The van der Waals surface area contributed by atoms with Gasteiger partial charge in [0.15, 0.2) is 0 Å². The van der Waals surface area contributed by atoms with Crippen molar-refractivity contribution >= 4 is 23.1 Å². The van der Waals surface area contributed by atoms with Crippen molar-refractivity contribution in [2.45, 2.75) is 6.17 Å². The fourth-order valence-corrected chi connectivity index (χ4v) is 3.29. The smallest absolute Gasteiger partial charge is 0.256 e. The second kappa shape index (κ2) is 4.96. The van der Waals surface area contributed by atoms with Crippen molar-refractivity contribution in [3.05, 3.63) is 53.2 Å². The number of hydrogen-bond acceptors (Lipinski definition) is 5. The van der Waals surface area contributed by atoms with Crippen molar-refractivity contribution in [1.82, 2.24) is 20.1 Å². The number of hydrogen-bond donors (Lipinski definition) is 2. The van der Waals surface area contributed by atoms with Gasteiger partial charge in [-0.15, -0.1) is 11.3 Å². The molecule has 2 N–H and O–H groups in total. The zero-order valence-electron chi connectivity index (χ0n) is 11.8. The number of nitrogens with zero attached hydrogens (tertiary/aromatic N) is 3. The molecule has 0 radical (unpaired) electrons. The van der Waals surface area contributed by atoms with E-state index in [9.17, 15) is 4.79 Å². The molecule has 0 bridgehead atoms. The van der Waals surface area contributed by atoms with Crippen LogP contribution in [-0.2, 0) is 7.05 Å². The number of carbonyl (C=O) groups is 1. The highest BCUT2D eigenvalue weighted by molar-refractivity contribution is 7.13. The number of rotatable bonds is 2. The van der Waals surface area contributed by atoms with E-state index in [0.717, 1.165) is 16.1 Å². The lowest BCUT2D eigenvalue weighted by Crippen LogP contribution is -2.38. The number of pyridine rings is 1. The number of thiophene rings is 1. The Labute approximate surface area is 130 Å². The Hall–Kier alpha value is -2.67. The SMILES string of the molecule is Cn1cc([C@H]2NC(=O)c3cccnc3N2)c(-c2cccs2)n1. The topological polar surface area (TPSA) is 71.8 Å². The molecule has 1 atom stereocenters. The minimum absolute atomic E-state index is 0.132. The Balaban J connectivity index is 1.77. The molecule has 7 heteroatoms. The number of aryl methyl sites for hydroxylation is 1. The molecule has 1 aliphatic rings. The van der Waals surface area contributed by atoms with Crippen LogP contribution in [0.1, 0.15) is 22.1 Å². The second-order valence-electron chi connectivity index (χ2n) is 5.03. The van der Waals surface area contributed by atoms with Crippen LogP contribution in [0.25, 0.3) is 10.6 Å². The van der Waals surface area contributed by atoms with Gasteiger partial charge in [0.05, 0.1) is 10.4 Å². The molecule has 22 heavy (non-hydrogen) atoms. The maximum Gasteiger partial charge on any atom is 0.256 e. The lowest BCUT2D eigenvalue weighted by atomic mass is 10.1. The van der Waals surface area contributed by atoms with Crippen LogP contribution in [0.15, 0.2) is 42.0 Å². The Bertz CT molecular complexity index is 840. The van der Waals surface area contributed by atoms with Gasteiger partial charge in [0, 0.05) is 25.0 Å². The summed E-state index contributed by atoms with van der Waals surface area (Å²) in [5, 5.41) is 12.8. The molecule has 0 unspecified atom stereocenters. The van der Waals surface area contributed by atoms with Crippen molar-refractivity contribution < 1.29 is 4.79 Å². The Kier molecular flexibility index (Phi) is 2.93. The van der Waals surface area contributed by atoms with E-state index in [4.69, 9.17) is 0 Å². The Morgan fingerprint density at radius 3 is 3.00 bits per heavy atom. The van der Waals surface area contributed by atoms with E-state index >= 15 is 0 Å². The molecule has 0 aliphatic carbocycles. The lowest BCUT2D eigenvalue weighted by Gasteiger charge is -2.26. The number of fused-ring (bicyclic) bond motifs is 1. The van der Waals surface area contributed by atoms with Gasteiger partial charge in [-0.3, -0.25) is 9.48 Å². The van der Waals surface area contributed by atoms with Gasteiger partial charge in [-0.1, -0.05) is 6.07 Å². The third-order valence-electron chi connectivity index (χ3n) is 3.53. The zero-order valence-corrected chi connectivity index (χ0v) is 12.6. The van der Waals surface area contributed by atoms with E-state index < -0.39 is 0 Å². The van der Waals surface area contributed by atoms with E-state index in [1.54, 1.807) is 34.3 Å². The summed E-state index contributed by atoms with van der Waals surface area (Å²) in [5.74, 6) is 0.463. The summed E-state index contributed by atoms with van der Waals surface area (Å²) in [5.41, 5.74) is 2.35. The van der Waals surface area contributed by atoms with Crippen LogP contribution in [0, 0.1) is 0 Å². The summed E-state index contributed by atoms with van der Waals surface area (Å²) in [7, 11) is 1.87. The normalized spacial score (nSPS) is 16.8. The molecule has 110 valence electrons. The first-order chi connectivity index (χ1) is 10.7. The van der Waals surface area contributed by atoms with Gasteiger partial charge in [-0.25, -0.2) is 4.98 Å². The highest BCUT2D eigenvalue weighted by atomic mass is 32.1. The largest absolute Gasteiger partial charge is 0.345 e. The number of nitrogens with one attached hydrogen (secondary N) is 2. The molecule has 0 aromatic carbocycles. The maximum atomic E-state index is 12.3. The van der Waals surface area contributed by atoms with Crippen LogP contribution in [0.4, 0.5) is 5.82 Å². The van der Waals surface area contributed by atoms with E-state index in [1.165, 1.54) is 0 Å². The molecule has 6 nitrogen and oxygen atoms in total. The van der Waals surface area contributed by atoms with Crippen LogP contribution in [0.2, 0.25) is 0 Å². The molecule has 3 aromatic rings. The van der Waals surface area contributed by atoms with E-state index in [-0.39, 0.29) is 12.1 Å². The molecule has 0 saturated heterocycles. The first-order valence-electron chi connectivity index (χ1n) is 6.82. The molecule has 0 fully saturated rings. The fourth-order valence-electron chi connectivity index (χ4n) is 2.56. The molecule has 3 aromatic heterocycles.